The summed E-state index contributed by atoms with van der Waals surface area (Å²) in [4.78, 5) is 28.4. The summed E-state index contributed by atoms with van der Waals surface area (Å²) >= 11 is 0. The van der Waals surface area contributed by atoms with Gasteiger partial charge in [0.25, 0.3) is 5.91 Å². The third-order valence-electron chi connectivity index (χ3n) is 7.04. The normalized spacial score (nSPS) is 17.1. The lowest BCUT2D eigenvalue weighted by atomic mass is 9.84. The standard InChI is InChI=1S/C28H35N3O6/c1-34-15-14-30(28(33)20-6-5-7-20)18-27(32)31-25(23-16-22(36-3)12-13-26(23)37-4)17-24(29-31)19-8-10-21(35-2)11-9-19/h8-13,16,20,25H,5-7,14-15,17-18H2,1-4H3/t25-/m0/s1. The van der Waals surface area contributed by atoms with Gasteiger partial charge in [-0.3, -0.25) is 9.59 Å². The first kappa shape index (κ1) is 26.5. The molecule has 2 aliphatic rings. The minimum Gasteiger partial charge on any atom is -0.497 e. The van der Waals surface area contributed by atoms with E-state index in [1.807, 2.05) is 42.5 Å². The van der Waals surface area contributed by atoms with Crippen molar-refractivity contribution in [2.24, 2.45) is 11.0 Å². The Bertz CT molecular complexity index is 1130. The highest BCUT2D eigenvalue weighted by atomic mass is 16.5. The van der Waals surface area contributed by atoms with Crippen LogP contribution in [-0.2, 0) is 14.3 Å². The highest BCUT2D eigenvalue weighted by Gasteiger charge is 2.37. The molecule has 1 saturated carbocycles. The number of carbonyl (C=O) groups is 2. The van der Waals surface area contributed by atoms with Crippen molar-refractivity contribution in [3.63, 3.8) is 0 Å². The molecule has 9 nitrogen and oxygen atoms in total. The SMILES string of the molecule is COCCN(CC(=O)N1N=C(c2ccc(OC)cc2)C[C@H]1c1cc(OC)ccc1OC)C(=O)C1CCC1. The van der Waals surface area contributed by atoms with Crippen LogP contribution in [0.25, 0.3) is 0 Å². The van der Waals surface area contributed by atoms with Crippen molar-refractivity contribution in [3.05, 3.63) is 53.6 Å². The summed E-state index contributed by atoms with van der Waals surface area (Å²) in [5, 5.41) is 6.26. The van der Waals surface area contributed by atoms with Crippen molar-refractivity contribution in [3.8, 4) is 17.2 Å². The van der Waals surface area contributed by atoms with Gasteiger partial charge in [0.15, 0.2) is 0 Å². The Labute approximate surface area is 217 Å². The lowest BCUT2D eigenvalue weighted by molar-refractivity contribution is -0.146. The molecular weight excluding hydrogens is 474 g/mol. The molecule has 1 aliphatic carbocycles. The van der Waals surface area contributed by atoms with E-state index in [0.717, 1.165) is 41.9 Å². The van der Waals surface area contributed by atoms with Gasteiger partial charge < -0.3 is 23.8 Å². The zero-order chi connectivity index (χ0) is 26.4. The van der Waals surface area contributed by atoms with Gasteiger partial charge in [-0.2, -0.15) is 5.10 Å². The maximum absolute atomic E-state index is 13.8. The minimum absolute atomic E-state index is 0.00529. The Morgan fingerprint density at radius 2 is 1.68 bits per heavy atom. The van der Waals surface area contributed by atoms with Crippen LogP contribution in [0.3, 0.4) is 0 Å². The number of benzene rings is 2. The monoisotopic (exact) mass is 509 g/mol. The number of carbonyl (C=O) groups excluding carboxylic acids is 2. The molecule has 0 unspecified atom stereocenters. The van der Waals surface area contributed by atoms with Crippen LogP contribution in [0.1, 0.15) is 42.9 Å². The second-order valence-corrected chi connectivity index (χ2v) is 9.22. The lowest BCUT2D eigenvalue weighted by Gasteiger charge is -2.32. The van der Waals surface area contributed by atoms with Crippen molar-refractivity contribution in [1.29, 1.82) is 0 Å². The van der Waals surface area contributed by atoms with Crippen LogP contribution in [0, 0.1) is 5.92 Å². The first-order chi connectivity index (χ1) is 18.0. The van der Waals surface area contributed by atoms with Crippen LogP contribution in [0.5, 0.6) is 17.2 Å². The van der Waals surface area contributed by atoms with Crippen molar-refractivity contribution < 1.29 is 28.5 Å². The van der Waals surface area contributed by atoms with E-state index < -0.39 is 6.04 Å². The Morgan fingerprint density at radius 1 is 0.973 bits per heavy atom. The third-order valence-corrected chi connectivity index (χ3v) is 7.04. The second-order valence-electron chi connectivity index (χ2n) is 9.22. The van der Waals surface area contributed by atoms with Gasteiger partial charge in [0.05, 0.1) is 39.7 Å². The molecule has 0 saturated heterocycles. The predicted molar refractivity (Wildman–Crippen MR) is 139 cm³/mol. The van der Waals surface area contributed by atoms with Gasteiger partial charge >= 0.3 is 0 Å². The van der Waals surface area contributed by atoms with Crippen LogP contribution in [-0.4, -0.2) is 75.6 Å². The van der Waals surface area contributed by atoms with Crippen LogP contribution >= 0.6 is 0 Å². The molecule has 0 radical (unpaired) electrons. The van der Waals surface area contributed by atoms with Gasteiger partial charge in [0.2, 0.25) is 5.91 Å². The molecule has 1 heterocycles. The van der Waals surface area contributed by atoms with Gasteiger partial charge in [0.1, 0.15) is 23.8 Å². The van der Waals surface area contributed by atoms with Crippen molar-refractivity contribution in [2.75, 3.05) is 48.1 Å². The van der Waals surface area contributed by atoms with Gasteiger partial charge in [-0.25, -0.2) is 5.01 Å². The molecule has 0 spiro atoms. The van der Waals surface area contributed by atoms with Gasteiger partial charge in [-0.05, 0) is 60.9 Å². The topological polar surface area (TPSA) is 89.9 Å². The number of methoxy groups -OCH3 is 4. The molecular formula is C28H35N3O6. The first-order valence-corrected chi connectivity index (χ1v) is 12.5. The highest BCUT2D eigenvalue weighted by Crippen LogP contribution is 2.39. The summed E-state index contributed by atoms with van der Waals surface area (Å²) in [5.41, 5.74) is 2.45. The Kier molecular flexibility index (Phi) is 8.66. The molecule has 4 rings (SSSR count). The zero-order valence-corrected chi connectivity index (χ0v) is 21.9. The molecule has 1 atom stereocenters. The van der Waals surface area contributed by atoms with Crippen LogP contribution < -0.4 is 14.2 Å². The average molecular weight is 510 g/mol. The third kappa shape index (κ3) is 5.88. The summed E-state index contributed by atoms with van der Waals surface area (Å²) in [6.07, 6.45) is 3.26. The van der Waals surface area contributed by atoms with Crippen LogP contribution in [0.15, 0.2) is 47.6 Å². The molecule has 1 fully saturated rings. The van der Waals surface area contributed by atoms with E-state index in [1.54, 1.807) is 33.3 Å². The maximum atomic E-state index is 13.8. The summed E-state index contributed by atoms with van der Waals surface area (Å²) in [7, 11) is 6.41. The van der Waals surface area contributed by atoms with Gasteiger partial charge in [-0.15, -0.1) is 0 Å². The smallest absolute Gasteiger partial charge is 0.262 e. The molecule has 198 valence electrons. The number of rotatable bonds is 11. The second kappa shape index (κ2) is 12.1. The summed E-state index contributed by atoms with van der Waals surface area (Å²) in [5.74, 6) is 1.76. The quantitative estimate of drug-likeness (QED) is 0.459. The fourth-order valence-corrected chi connectivity index (χ4v) is 4.66. The fourth-order valence-electron chi connectivity index (χ4n) is 4.66. The number of hydrogen-bond acceptors (Lipinski definition) is 7. The van der Waals surface area contributed by atoms with E-state index >= 15 is 0 Å². The minimum atomic E-state index is -0.419. The van der Waals surface area contributed by atoms with E-state index in [0.29, 0.717) is 31.1 Å². The molecule has 9 heteroatoms. The lowest BCUT2D eigenvalue weighted by Crippen LogP contribution is -2.46. The molecule has 2 aromatic rings. The van der Waals surface area contributed by atoms with Crippen molar-refractivity contribution in [2.45, 2.75) is 31.7 Å². The molecule has 2 aromatic carbocycles. The average Bonchev–Trinajstić information content (AvgIpc) is 3.35. The van der Waals surface area contributed by atoms with E-state index in [2.05, 4.69) is 0 Å². The summed E-state index contributed by atoms with van der Waals surface area (Å²) in [6.45, 7) is 0.647. The Hall–Kier alpha value is -3.59. The van der Waals surface area contributed by atoms with Crippen LogP contribution in [0.4, 0.5) is 0 Å². The van der Waals surface area contributed by atoms with Crippen LogP contribution in [0.2, 0.25) is 0 Å². The summed E-state index contributed by atoms with van der Waals surface area (Å²) in [6, 6.07) is 12.7. The maximum Gasteiger partial charge on any atom is 0.262 e. The van der Waals surface area contributed by atoms with Gasteiger partial charge in [0, 0.05) is 31.6 Å². The number of hydrogen-bond donors (Lipinski definition) is 0. The highest BCUT2D eigenvalue weighted by molar-refractivity contribution is 6.03. The number of hydrazone groups is 1. The number of amides is 2. The Morgan fingerprint density at radius 3 is 2.27 bits per heavy atom. The van der Waals surface area contributed by atoms with E-state index in [-0.39, 0.29) is 24.3 Å². The zero-order valence-electron chi connectivity index (χ0n) is 21.9. The van der Waals surface area contributed by atoms with E-state index in [1.165, 1.54) is 5.01 Å². The molecule has 0 aromatic heterocycles. The number of ether oxygens (including phenoxy) is 4. The largest absolute Gasteiger partial charge is 0.497 e. The molecule has 37 heavy (non-hydrogen) atoms. The van der Waals surface area contributed by atoms with Gasteiger partial charge in [-0.1, -0.05) is 6.42 Å². The molecule has 0 bridgehead atoms. The molecule has 0 N–H and O–H groups in total. The van der Waals surface area contributed by atoms with E-state index in [4.69, 9.17) is 24.0 Å². The molecule has 2 amide bonds. The Balaban J connectivity index is 1.66. The predicted octanol–water partition coefficient (Wildman–Crippen LogP) is 3.67. The number of nitrogens with zero attached hydrogens (tertiary/aromatic N) is 3. The van der Waals surface area contributed by atoms with Crippen molar-refractivity contribution in [1.82, 2.24) is 9.91 Å². The fraction of sp³-hybridized carbons (Fsp3) is 0.464. The van der Waals surface area contributed by atoms with Crippen molar-refractivity contribution >= 4 is 17.5 Å². The van der Waals surface area contributed by atoms with E-state index in [9.17, 15) is 9.59 Å². The summed E-state index contributed by atoms with van der Waals surface area (Å²) < 4.78 is 21.6. The first-order valence-electron chi connectivity index (χ1n) is 12.5. The molecule has 1 aliphatic heterocycles.